The van der Waals surface area contributed by atoms with Crippen LogP contribution < -0.4 is 0 Å². The molecule has 1 nitrogen and oxygen atoms in total. The molecule has 0 aliphatic carbocycles. The van der Waals surface area contributed by atoms with Crippen molar-refractivity contribution in [3.8, 4) is 0 Å². The zero-order chi connectivity index (χ0) is 6.78. The Labute approximate surface area is 49.1 Å². The normalized spacial score (nSPS) is 16.1. The summed E-state index contributed by atoms with van der Waals surface area (Å²) in [6, 6.07) is 0. The van der Waals surface area contributed by atoms with Crippen LogP contribution in [-0.4, -0.2) is 18.2 Å². The molecule has 0 rings (SSSR count). The standard InChI is InChI=1S/C3H3ClF3O/c4-1-2(8)3(5,6)7/h2H,1H2. The van der Waals surface area contributed by atoms with Crippen LogP contribution in [0.5, 0.6) is 0 Å². The lowest BCUT2D eigenvalue weighted by Gasteiger charge is -2.07. The van der Waals surface area contributed by atoms with E-state index in [1.165, 1.54) is 0 Å². The summed E-state index contributed by atoms with van der Waals surface area (Å²) in [6.45, 7) is 0. The number of hydrogen-bond donors (Lipinski definition) is 0. The fraction of sp³-hybridized carbons (Fsp3) is 1.00. The van der Waals surface area contributed by atoms with Gasteiger partial charge in [-0.1, -0.05) is 0 Å². The fourth-order valence-corrected chi connectivity index (χ4v) is 0.262. The van der Waals surface area contributed by atoms with Crippen molar-refractivity contribution in [1.82, 2.24) is 0 Å². The van der Waals surface area contributed by atoms with Gasteiger partial charge in [0.25, 0.3) is 0 Å². The van der Waals surface area contributed by atoms with Crippen molar-refractivity contribution in [2.24, 2.45) is 0 Å². The van der Waals surface area contributed by atoms with Gasteiger partial charge in [-0.05, 0) is 0 Å². The van der Waals surface area contributed by atoms with Gasteiger partial charge in [-0.25, -0.2) is 5.11 Å². The molecule has 0 fully saturated rings. The molecule has 0 aromatic rings. The van der Waals surface area contributed by atoms with Gasteiger partial charge in [0.05, 0.1) is 5.88 Å². The molecule has 0 amide bonds. The Bertz CT molecular complexity index is 71.4. The first-order valence-corrected chi connectivity index (χ1v) is 2.30. The van der Waals surface area contributed by atoms with Crippen LogP contribution in [0.15, 0.2) is 0 Å². The van der Waals surface area contributed by atoms with Gasteiger partial charge in [0.2, 0.25) is 6.10 Å². The van der Waals surface area contributed by atoms with Gasteiger partial charge >= 0.3 is 6.18 Å². The average molecular weight is 148 g/mol. The summed E-state index contributed by atoms with van der Waals surface area (Å²) >= 11 is 4.60. The molecule has 0 saturated heterocycles. The third-order valence-electron chi connectivity index (χ3n) is 0.505. The third-order valence-corrected chi connectivity index (χ3v) is 0.786. The van der Waals surface area contributed by atoms with Gasteiger partial charge in [0.1, 0.15) is 0 Å². The lowest BCUT2D eigenvalue weighted by Crippen LogP contribution is -2.28. The minimum Gasteiger partial charge on any atom is -0.222 e. The molecule has 1 atom stereocenters. The monoisotopic (exact) mass is 147 g/mol. The topological polar surface area (TPSA) is 19.9 Å². The van der Waals surface area contributed by atoms with Gasteiger partial charge in [-0.3, -0.25) is 0 Å². The van der Waals surface area contributed by atoms with Crippen molar-refractivity contribution in [2.75, 3.05) is 5.88 Å². The average Bonchev–Trinajstić information content (AvgIpc) is 1.62. The Morgan fingerprint density at radius 3 is 1.88 bits per heavy atom. The smallest absolute Gasteiger partial charge is 0.222 e. The van der Waals surface area contributed by atoms with Crippen LogP contribution in [0, 0.1) is 0 Å². The van der Waals surface area contributed by atoms with Crippen LogP contribution >= 0.6 is 11.6 Å². The molecule has 0 bridgehead atoms. The number of halogens is 4. The largest absolute Gasteiger partial charge is 0.418 e. The van der Waals surface area contributed by atoms with E-state index in [1.54, 1.807) is 0 Å². The number of rotatable bonds is 1. The Morgan fingerprint density at radius 2 is 1.88 bits per heavy atom. The van der Waals surface area contributed by atoms with Crippen molar-refractivity contribution < 1.29 is 18.3 Å². The SMILES string of the molecule is [O]C(CCl)C(F)(F)F. The van der Waals surface area contributed by atoms with Crippen LogP contribution in [0.4, 0.5) is 13.2 Å². The molecular weight excluding hydrogens is 144 g/mol. The van der Waals surface area contributed by atoms with Crippen molar-refractivity contribution >= 4 is 11.6 Å². The van der Waals surface area contributed by atoms with Crippen LogP contribution in [0.2, 0.25) is 0 Å². The molecule has 1 radical (unpaired) electrons. The Balaban J connectivity index is 3.62. The number of alkyl halides is 4. The van der Waals surface area contributed by atoms with Gasteiger partial charge in [-0.15, -0.1) is 11.6 Å². The minimum atomic E-state index is -4.68. The molecule has 1 unspecified atom stereocenters. The van der Waals surface area contributed by atoms with E-state index >= 15 is 0 Å². The maximum Gasteiger partial charge on any atom is 0.418 e. The molecule has 49 valence electrons. The second-order valence-corrected chi connectivity index (χ2v) is 1.49. The van der Waals surface area contributed by atoms with E-state index in [2.05, 4.69) is 11.6 Å². The molecule has 0 aromatic heterocycles. The quantitative estimate of drug-likeness (QED) is 0.502. The summed E-state index contributed by atoms with van der Waals surface area (Å²) in [7, 11) is 0. The fourth-order valence-electron chi connectivity index (χ4n) is 0.0875. The zero-order valence-electron chi connectivity index (χ0n) is 3.70. The van der Waals surface area contributed by atoms with Gasteiger partial charge in [-0.2, -0.15) is 13.2 Å². The summed E-state index contributed by atoms with van der Waals surface area (Å²) in [5.74, 6) is -0.913. The first-order chi connectivity index (χ1) is 3.48. The van der Waals surface area contributed by atoms with E-state index < -0.39 is 18.2 Å². The van der Waals surface area contributed by atoms with Crippen molar-refractivity contribution in [2.45, 2.75) is 12.3 Å². The van der Waals surface area contributed by atoms with Gasteiger partial charge in [0.15, 0.2) is 0 Å². The highest BCUT2D eigenvalue weighted by atomic mass is 35.5. The van der Waals surface area contributed by atoms with Crippen LogP contribution in [0.3, 0.4) is 0 Å². The molecule has 0 heterocycles. The first kappa shape index (κ1) is 8.04. The molecule has 0 spiro atoms. The zero-order valence-corrected chi connectivity index (χ0v) is 4.46. The van der Waals surface area contributed by atoms with Crippen LogP contribution in [-0.2, 0) is 5.11 Å². The minimum absolute atomic E-state index is 0.913. The molecule has 5 heteroatoms. The molecule has 0 aliphatic heterocycles. The molecule has 0 aromatic carbocycles. The Kier molecular flexibility index (Phi) is 2.56. The van der Waals surface area contributed by atoms with Crippen molar-refractivity contribution in [3.63, 3.8) is 0 Å². The van der Waals surface area contributed by atoms with E-state index in [0.717, 1.165) is 0 Å². The Morgan fingerprint density at radius 1 is 1.50 bits per heavy atom. The predicted octanol–water partition coefficient (Wildman–Crippen LogP) is 1.59. The Hall–Kier alpha value is 0.0400. The van der Waals surface area contributed by atoms with Gasteiger partial charge < -0.3 is 0 Å². The molecule has 0 aliphatic rings. The second kappa shape index (κ2) is 2.55. The molecule has 8 heavy (non-hydrogen) atoms. The van der Waals surface area contributed by atoms with Crippen molar-refractivity contribution in [3.05, 3.63) is 0 Å². The highest BCUT2D eigenvalue weighted by Gasteiger charge is 2.38. The maximum absolute atomic E-state index is 11.1. The van der Waals surface area contributed by atoms with E-state index in [1.807, 2.05) is 0 Å². The highest BCUT2D eigenvalue weighted by Crippen LogP contribution is 2.20. The maximum atomic E-state index is 11.1. The van der Waals surface area contributed by atoms with E-state index in [-0.39, 0.29) is 0 Å². The second-order valence-electron chi connectivity index (χ2n) is 1.18. The lowest BCUT2D eigenvalue weighted by atomic mass is 10.4. The lowest BCUT2D eigenvalue weighted by molar-refractivity contribution is -0.213. The highest BCUT2D eigenvalue weighted by molar-refractivity contribution is 6.18. The van der Waals surface area contributed by atoms with E-state index in [9.17, 15) is 18.3 Å². The summed E-state index contributed by atoms with van der Waals surface area (Å²) in [5, 5.41) is 9.66. The molecular formula is C3H3ClF3O. The molecule has 0 saturated carbocycles. The summed E-state index contributed by atoms with van der Waals surface area (Å²) in [5.41, 5.74) is 0. The van der Waals surface area contributed by atoms with E-state index in [0.29, 0.717) is 0 Å². The molecule has 0 N–H and O–H groups in total. The third kappa shape index (κ3) is 2.37. The van der Waals surface area contributed by atoms with E-state index in [4.69, 9.17) is 0 Å². The number of hydrogen-bond acceptors (Lipinski definition) is 0. The van der Waals surface area contributed by atoms with Gasteiger partial charge in [0, 0.05) is 0 Å². The summed E-state index contributed by atoms with van der Waals surface area (Å²) < 4.78 is 33.2. The van der Waals surface area contributed by atoms with Crippen LogP contribution in [0.1, 0.15) is 0 Å². The predicted molar refractivity (Wildman–Crippen MR) is 21.2 cm³/mol. The van der Waals surface area contributed by atoms with Crippen molar-refractivity contribution in [1.29, 1.82) is 0 Å². The summed E-state index contributed by atoms with van der Waals surface area (Å²) in [4.78, 5) is 0. The summed E-state index contributed by atoms with van der Waals surface area (Å²) in [6.07, 6.45) is -7.31. The van der Waals surface area contributed by atoms with Crippen LogP contribution in [0.25, 0.3) is 0 Å². The first-order valence-electron chi connectivity index (χ1n) is 1.77.